The van der Waals surface area contributed by atoms with Gasteiger partial charge in [0.25, 0.3) is 0 Å². The summed E-state index contributed by atoms with van der Waals surface area (Å²) in [4.78, 5) is 15.5. The maximum absolute atomic E-state index is 11.2. The van der Waals surface area contributed by atoms with Gasteiger partial charge in [0.1, 0.15) is 5.69 Å². The van der Waals surface area contributed by atoms with Crippen LogP contribution in [0.4, 0.5) is 0 Å². The lowest BCUT2D eigenvalue weighted by atomic mass is 10.0. The summed E-state index contributed by atoms with van der Waals surface area (Å²) in [6.07, 6.45) is 0. The zero-order valence-corrected chi connectivity index (χ0v) is 11.0. The largest absolute Gasteiger partial charge is 0.477 e. The third-order valence-electron chi connectivity index (χ3n) is 3.28. The molecular formula is C17H13NO2. The van der Waals surface area contributed by atoms with Crippen LogP contribution in [0.5, 0.6) is 0 Å². The van der Waals surface area contributed by atoms with Crippen molar-refractivity contribution in [2.45, 2.75) is 6.92 Å². The molecule has 0 radical (unpaired) electrons. The van der Waals surface area contributed by atoms with Crippen molar-refractivity contribution in [3.63, 3.8) is 0 Å². The van der Waals surface area contributed by atoms with E-state index in [1.54, 1.807) is 6.07 Å². The number of aromatic nitrogens is 1. The quantitative estimate of drug-likeness (QED) is 0.762. The third-order valence-corrected chi connectivity index (χ3v) is 3.28. The molecule has 0 spiro atoms. The molecule has 0 aliphatic rings. The van der Waals surface area contributed by atoms with E-state index in [4.69, 9.17) is 0 Å². The second-order valence-electron chi connectivity index (χ2n) is 4.75. The minimum atomic E-state index is -1.01. The molecule has 0 saturated carbocycles. The molecule has 0 aliphatic carbocycles. The second kappa shape index (κ2) is 4.78. The van der Waals surface area contributed by atoms with Crippen molar-refractivity contribution in [3.05, 3.63) is 65.9 Å². The molecule has 20 heavy (non-hydrogen) atoms. The number of carboxylic acid groups (broad SMARTS) is 1. The Balaban J connectivity index is 2.32. The van der Waals surface area contributed by atoms with Crippen molar-refractivity contribution in [1.82, 2.24) is 4.98 Å². The second-order valence-corrected chi connectivity index (χ2v) is 4.75. The lowest BCUT2D eigenvalue weighted by Crippen LogP contribution is -2.01. The molecule has 0 unspecified atom stereocenters. The van der Waals surface area contributed by atoms with Crippen LogP contribution in [-0.2, 0) is 0 Å². The Morgan fingerprint density at radius 3 is 2.45 bits per heavy atom. The molecule has 2 aromatic carbocycles. The Labute approximate surface area is 116 Å². The number of aryl methyl sites for hydroxylation is 1. The number of carboxylic acids is 1. The van der Waals surface area contributed by atoms with E-state index in [1.165, 1.54) is 0 Å². The molecule has 3 rings (SSSR count). The number of nitrogens with zero attached hydrogens (tertiary/aromatic N) is 1. The first-order valence-corrected chi connectivity index (χ1v) is 6.35. The Morgan fingerprint density at radius 1 is 1.05 bits per heavy atom. The standard InChI is InChI=1S/C17H13NO2/c1-11-6-8-12(9-7-11)16-14-5-3-2-4-13(14)10-15(18-16)17(19)20/h2-10H,1H3,(H,19,20). The van der Waals surface area contributed by atoms with Gasteiger partial charge in [0.2, 0.25) is 0 Å². The van der Waals surface area contributed by atoms with Gasteiger partial charge in [0.05, 0.1) is 5.69 Å². The topological polar surface area (TPSA) is 50.2 Å². The van der Waals surface area contributed by atoms with Crippen LogP contribution in [0.2, 0.25) is 0 Å². The van der Waals surface area contributed by atoms with Gasteiger partial charge in [-0.1, -0.05) is 54.1 Å². The molecule has 0 bridgehead atoms. The lowest BCUT2D eigenvalue weighted by Gasteiger charge is -2.08. The van der Waals surface area contributed by atoms with Crippen LogP contribution in [0.1, 0.15) is 16.1 Å². The summed E-state index contributed by atoms with van der Waals surface area (Å²) in [6.45, 7) is 2.02. The molecule has 1 N–H and O–H groups in total. The van der Waals surface area contributed by atoms with Crippen LogP contribution in [-0.4, -0.2) is 16.1 Å². The third kappa shape index (κ3) is 2.14. The Bertz CT molecular complexity index is 792. The molecular weight excluding hydrogens is 250 g/mol. The minimum absolute atomic E-state index is 0.0688. The molecule has 3 nitrogen and oxygen atoms in total. The summed E-state index contributed by atoms with van der Waals surface area (Å²) >= 11 is 0. The first-order valence-electron chi connectivity index (χ1n) is 6.35. The van der Waals surface area contributed by atoms with Gasteiger partial charge >= 0.3 is 5.97 Å². The summed E-state index contributed by atoms with van der Waals surface area (Å²) in [7, 11) is 0. The smallest absolute Gasteiger partial charge is 0.354 e. The fourth-order valence-corrected chi connectivity index (χ4v) is 2.24. The van der Waals surface area contributed by atoms with Gasteiger partial charge < -0.3 is 5.11 Å². The summed E-state index contributed by atoms with van der Waals surface area (Å²) < 4.78 is 0. The van der Waals surface area contributed by atoms with Gasteiger partial charge in [0.15, 0.2) is 0 Å². The van der Waals surface area contributed by atoms with Gasteiger partial charge in [0, 0.05) is 10.9 Å². The first-order chi connectivity index (χ1) is 9.65. The van der Waals surface area contributed by atoms with E-state index in [2.05, 4.69) is 4.98 Å². The number of rotatable bonds is 2. The zero-order chi connectivity index (χ0) is 14.1. The average molecular weight is 263 g/mol. The van der Waals surface area contributed by atoms with E-state index < -0.39 is 5.97 Å². The average Bonchev–Trinajstić information content (AvgIpc) is 2.47. The van der Waals surface area contributed by atoms with Crippen molar-refractivity contribution in [2.75, 3.05) is 0 Å². The Morgan fingerprint density at radius 2 is 1.75 bits per heavy atom. The van der Waals surface area contributed by atoms with Crippen molar-refractivity contribution in [1.29, 1.82) is 0 Å². The molecule has 0 amide bonds. The maximum Gasteiger partial charge on any atom is 0.354 e. The maximum atomic E-state index is 11.2. The van der Waals surface area contributed by atoms with Gasteiger partial charge in [-0.25, -0.2) is 9.78 Å². The summed E-state index contributed by atoms with van der Waals surface area (Å²) in [5, 5.41) is 11.0. The predicted molar refractivity (Wildman–Crippen MR) is 78.9 cm³/mol. The molecule has 0 aliphatic heterocycles. The minimum Gasteiger partial charge on any atom is -0.477 e. The van der Waals surface area contributed by atoms with E-state index in [0.29, 0.717) is 5.69 Å². The fourth-order valence-electron chi connectivity index (χ4n) is 2.24. The molecule has 0 fully saturated rings. The number of aromatic carboxylic acids is 1. The van der Waals surface area contributed by atoms with Gasteiger partial charge in [-0.2, -0.15) is 0 Å². The summed E-state index contributed by atoms with van der Waals surface area (Å²) in [6, 6.07) is 17.2. The molecule has 0 saturated heterocycles. The number of benzene rings is 2. The molecule has 1 heterocycles. The van der Waals surface area contributed by atoms with Crippen molar-refractivity contribution in [3.8, 4) is 11.3 Å². The van der Waals surface area contributed by atoms with Crippen LogP contribution in [0.15, 0.2) is 54.6 Å². The van der Waals surface area contributed by atoms with E-state index >= 15 is 0 Å². The van der Waals surface area contributed by atoms with Gasteiger partial charge in [-0.15, -0.1) is 0 Å². The highest BCUT2D eigenvalue weighted by Gasteiger charge is 2.12. The van der Waals surface area contributed by atoms with Crippen LogP contribution in [0, 0.1) is 6.92 Å². The molecule has 3 aromatic rings. The molecule has 98 valence electrons. The van der Waals surface area contributed by atoms with Crippen LogP contribution < -0.4 is 0 Å². The van der Waals surface area contributed by atoms with Crippen LogP contribution >= 0.6 is 0 Å². The van der Waals surface area contributed by atoms with Crippen molar-refractivity contribution in [2.24, 2.45) is 0 Å². The van der Waals surface area contributed by atoms with E-state index in [9.17, 15) is 9.90 Å². The first kappa shape index (κ1) is 12.4. The number of hydrogen-bond acceptors (Lipinski definition) is 2. The fraction of sp³-hybridized carbons (Fsp3) is 0.0588. The number of carbonyl (C=O) groups is 1. The van der Waals surface area contributed by atoms with Crippen molar-refractivity contribution >= 4 is 16.7 Å². The highest BCUT2D eigenvalue weighted by Crippen LogP contribution is 2.27. The predicted octanol–water partition coefficient (Wildman–Crippen LogP) is 3.91. The molecule has 3 heteroatoms. The Kier molecular flexibility index (Phi) is 2.95. The highest BCUT2D eigenvalue weighted by atomic mass is 16.4. The van der Waals surface area contributed by atoms with Gasteiger partial charge in [-0.05, 0) is 18.4 Å². The van der Waals surface area contributed by atoms with E-state index in [1.807, 2.05) is 55.5 Å². The lowest BCUT2D eigenvalue weighted by molar-refractivity contribution is 0.0691. The van der Waals surface area contributed by atoms with Crippen LogP contribution in [0.3, 0.4) is 0 Å². The SMILES string of the molecule is Cc1ccc(-c2nc(C(=O)O)cc3ccccc23)cc1. The van der Waals surface area contributed by atoms with Crippen LogP contribution in [0.25, 0.3) is 22.0 Å². The summed E-state index contributed by atoms with van der Waals surface area (Å²) in [5.74, 6) is -1.01. The number of fused-ring (bicyclic) bond motifs is 1. The monoisotopic (exact) mass is 263 g/mol. The van der Waals surface area contributed by atoms with E-state index in [-0.39, 0.29) is 5.69 Å². The zero-order valence-electron chi connectivity index (χ0n) is 11.0. The van der Waals surface area contributed by atoms with Crippen molar-refractivity contribution < 1.29 is 9.90 Å². The molecule has 0 atom stereocenters. The molecule has 1 aromatic heterocycles. The number of hydrogen-bond donors (Lipinski definition) is 1. The normalized spacial score (nSPS) is 10.7. The number of pyridine rings is 1. The summed E-state index contributed by atoms with van der Waals surface area (Å²) in [5.41, 5.74) is 2.86. The van der Waals surface area contributed by atoms with E-state index in [0.717, 1.165) is 21.9 Å². The highest BCUT2D eigenvalue weighted by molar-refractivity contribution is 5.99. The van der Waals surface area contributed by atoms with Gasteiger partial charge in [-0.3, -0.25) is 0 Å². The Hall–Kier alpha value is -2.68.